The molecule has 8 rings (SSSR count). The van der Waals surface area contributed by atoms with E-state index in [2.05, 4.69) is 74.1 Å². The highest BCUT2D eigenvalue weighted by Gasteiger charge is 2.44. The maximum atomic E-state index is 15.5. The number of aliphatic hydroxyl groups excluding tert-OH is 1. The van der Waals surface area contributed by atoms with Crippen molar-refractivity contribution in [3.8, 4) is 11.1 Å². The summed E-state index contributed by atoms with van der Waals surface area (Å²) in [5.74, 6) is -21.9. The van der Waals surface area contributed by atoms with E-state index in [9.17, 15) is 63.0 Å². The first-order valence-corrected chi connectivity index (χ1v) is 46.2. The molecule has 0 unspecified atom stereocenters. The van der Waals surface area contributed by atoms with Crippen LogP contribution in [0, 0.1) is 23.7 Å². The normalized spacial score (nSPS) is 23.9. The Labute approximate surface area is 787 Å². The van der Waals surface area contributed by atoms with Gasteiger partial charge in [0.15, 0.2) is 0 Å². The SMILES string of the molecule is CC(C)C[C@@H]1NC(=O)[C@H](Cc2c[nH]c3ccccc23)NC(=O)[C@H](CC(=O)O)NC(=O)[C@H](Cc2ccc(CN)cc2)NC(=O)[C@H](Cc2ccccc2)NC(=O)CSC[C@@H](C(=O)N[C@@H](C)C(N)=O)NC(=O)[C@H](CO)NC(=O)[C@H](C(C)C)NC(=O)[C@H](CC(C)C)NC(=O)[C@H](CC(N)=O)NC(=O)[C@H]2CCCN2C(=O)[C@H](C)N(C)C(=O)[C@H](C(C)C)NC(=O)[C@H](Cc2ccc(-c3ccccc3)cc2)NC1=O. The molecule has 6 aromatic rings. The number of aromatic nitrogens is 1. The van der Waals surface area contributed by atoms with Gasteiger partial charge in [-0.1, -0.05) is 183 Å². The lowest BCUT2D eigenvalue weighted by molar-refractivity contribution is -0.148. The van der Waals surface area contributed by atoms with Gasteiger partial charge < -0.3 is 111 Å². The Balaban J connectivity index is 1.20. The zero-order valence-electron chi connectivity index (χ0n) is 77.6. The number of nitrogens with two attached hydrogens (primary N) is 3. The number of carbonyl (C=O) groups is 18. The van der Waals surface area contributed by atoms with Crippen LogP contribution in [0.25, 0.3) is 22.0 Å². The van der Waals surface area contributed by atoms with Crippen molar-refractivity contribution in [2.24, 2.45) is 40.9 Å². The van der Waals surface area contributed by atoms with Gasteiger partial charge in [-0.15, -0.1) is 11.8 Å². The van der Waals surface area contributed by atoms with E-state index in [1.165, 1.54) is 39.6 Å². The van der Waals surface area contributed by atoms with E-state index in [1.54, 1.807) is 139 Å². The average Bonchev–Trinajstić information content (AvgIpc) is 1.74. The lowest BCUT2D eigenvalue weighted by Crippen LogP contribution is -2.62. The van der Waals surface area contributed by atoms with Gasteiger partial charge in [0.1, 0.15) is 90.6 Å². The van der Waals surface area contributed by atoms with E-state index in [0.717, 1.165) is 27.8 Å². The Hall–Kier alpha value is -13.6. The number of primary amides is 2. The number of nitrogens with zero attached hydrogens (tertiary/aromatic N) is 2. The highest BCUT2D eigenvalue weighted by Crippen LogP contribution is 2.26. The highest BCUT2D eigenvalue weighted by molar-refractivity contribution is 8.00. The second-order valence-corrected chi connectivity index (χ2v) is 36.6. The summed E-state index contributed by atoms with van der Waals surface area (Å²) in [5, 5.41) is 55.7. The second kappa shape index (κ2) is 51.0. The van der Waals surface area contributed by atoms with Crippen molar-refractivity contribution in [3.63, 3.8) is 0 Å². The molecule has 0 spiro atoms. The first-order chi connectivity index (χ1) is 64.0. The number of H-pyrrole nitrogens is 1. The number of carboxylic acid groups (broad SMARTS) is 1. The second-order valence-electron chi connectivity index (χ2n) is 35.5. The molecule has 2 aliphatic heterocycles. The molecule has 0 radical (unpaired) electrons. The van der Waals surface area contributed by atoms with Gasteiger partial charge in [0.05, 0.1) is 25.2 Å². The van der Waals surface area contributed by atoms with Crippen molar-refractivity contribution in [2.45, 2.75) is 231 Å². The molecule has 0 saturated carbocycles. The Morgan fingerprint density at radius 2 is 0.896 bits per heavy atom. The third-order valence-electron chi connectivity index (χ3n) is 23.2. The van der Waals surface area contributed by atoms with Gasteiger partial charge in [-0.05, 0) is 108 Å². The third kappa shape index (κ3) is 31.8. The van der Waals surface area contributed by atoms with Crippen LogP contribution >= 0.6 is 11.8 Å². The summed E-state index contributed by atoms with van der Waals surface area (Å²) in [5.41, 5.74) is 22.0. The van der Waals surface area contributed by atoms with E-state index in [4.69, 9.17) is 17.2 Å². The molecule has 135 heavy (non-hydrogen) atoms. The van der Waals surface area contributed by atoms with Crippen LogP contribution in [0.5, 0.6) is 0 Å². The molecule has 3 heterocycles. The van der Waals surface area contributed by atoms with Crippen molar-refractivity contribution in [1.82, 2.24) is 83.9 Å². The van der Waals surface area contributed by atoms with E-state index >= 15 is 33.6 Å². The number of amides is 17. The molecule has 17 amide bonds. The highest BCUT2D eigenvalue weighted by atomic mass is 32.2. The largest absolute Gasteiger partial charge is 0.481 e. The predicted molar refractivity (Wildman–Crippen MR) is 502 cm³/mol. The minimum atomic E-state index is -2.04. The first-order valence-electron chi connectivity index (χ1n) is 45.0. The first kappa shape index (κ1) is 107. The Bertz CT molecular complexity index is 5200. The molecular weight excluding hydrogens is 1760 g/mol. The molecule has 39 nitrogen and oxygen atoms in total. The summed E-state index contributed by atoms with van der Waals surface area (Å²) >= 11 is 0.719. The number of para-hydroxylation sites is 1. The number of likely N-dealkylation sites (N-methyl/N-ethyl adjacent to an activating group) is 1. The fraction of sp³-hybridized carbons (Fsp3) is 0.474. The lowest BCUT2D eigenvalue weighted by atomic mass is 9.97. The topological polar surface area (TPSA) is 604 Å². The van der Waals surface area contributed by atoms with Gasteiger partial charge in [-0.25, -0.2) is 0 Å². The third-order valence-corrected chi connectivity index (χ3v) is 24.3. The van der Waals surface area contributed by atoms with Gasteiger partial charge in [0, 0.05) is 68.7 Å². The van der Waals surface area contributed by atoms with Crippen LogP contribution in [0.4, 0.5) is 0 Å². The number of hydrogen-bond acceptors (Lipinski definition) is 21. The fourth-order valence-electron chi connectivity index (χ4n) is 15.5. The van der Waals surface area contributed by atoms with Crippen LogP contribution < -0.4 is 86.3 Å². The molecule has 22 N–H and O–H groups in total. The zero-order chi connectivity index (χ0) is 99.2. The number of carboxylic acids is 1. The van der Waals surface area contributed by atoms with Crippen molar-refractivity contribution >= 4 is 129 Å². The standard InChI is InChI=1S/C95H127N19O20S/c1-50(2)37-65-82(121)105-69(41-58-32-34-61(35-33-58)60-23-16-13-17-24-60)89(128)112-80(53(7)8)95(134)113(11)55(10)94(133)114-36-20-27-75(114)92(131)108-71(43-76(97)116)86(125)103-66(38-51(3)4)88(127)111-79(52(5)6)93(132)109-73(47-115)90(129)110-74(91(130)100-54(9)81(98)120)48-135-49-77(117)101-67(39-56-21-14-12-15-22-56)83(122)104-68(40-57-28-30-59(45-96)31-29-57)84(123)107-72(44-78(118)119)87(126)106-70(85(124)102-65)42-62-46-99-64-26-19-18-25-63(62)64/h12-19,21-26,28-35,46,50-55,65-75,79-80,99,115H,20,27,36-45,47-49,96H2,1-11H3,(H2,97,116)(H2,98,120)(H,100,130)(H,101,117)(H,102,124)(H,103,125)(H,104,122)(H,105,121)(H,106,126)(H,107,123)(H,108,131)(H,109,132)(H,110,129)(H,111,127)(H,112,128)(H,118,119)/t54-,55-,65-,66-,67-,68-,69-,70-,71-,72-,73-,74-,75+,79-,80-/m0/s1. The van der Waals surface area contributed by atoms with Crippen LogP contribution in [0.2, 0.25) is 0 Å². The number of carbonyl (C=O) groups excluding carboxylic acids is 17. The molecule has 15 atom stereocenters. The summed E-state index contributed by atoms with van der Waals surface area (Å²) in [4.78, 5) is 266. The van der Waals surface area contributed by atoms with Crippen molar-refractivity contribution in [3.05, 3.63) is 167 Å². The molecule has 2 fully saturated rings. The number of hydrogen-bond donors (Lipinski definition) is 19. The molecule has 40 heteroatoms. The van der Waals surface area contributed by atoms with E-state index < -0.39 is 240 Å². The Morgan fingerprint density at radius 1 is 0.467 bits per heavy atom. The minimum absolute atomic E-state index is 0.0221. The van der Waals surface area contributed by atoms with Crippen LogP contribution in [0.1, 0.15) is 136 Å². The summed E-state index contributed by atoms with van der Waals surface area (Å²) in [7, 11) is 1.31. The monoisotopic (exact) mass is 1890 g/mol. The Kier molecular flexibility index (Phi) is 40.3. The van der Waals surface area contributed by atoms with Gasteiger partial charge in [-0.2, -0.15) is 0 Å². The number of benzene rings is 5. The number of aliphatic hydroxyl groups is 1. The maximum absolute atomic E-state index is 15.5. The molecule has 2 saturated heterocycles. The molecule has 0 bridgehead atoms. The molecule has 0 aliphatic carbocycles. The number of aliphatic carboxylic acids is 1. The van der Waals surface area contributed by atoms with Crippen LogP contribution in [-0.4, -0.2) is 254 Å². The van der Waals surface area contributed by atoms with Crippen molar-refractivity contribution in [2.75, 3.05) is 31.7 Å². The fourth-order valence-corrected chi connectivity index (χ4v) is 16.4. The summed E-state index contributed by atoms with van der Waals surface area (Å²) < 4.78 is 0. The smallest absolute Gasteiger partial charge is 0.305 e. The number of fused-ring (bicyclic) bond motifs is 2. The summed E-state index contributed by atoms with van der Waals surface area (Å²) in [6.07, 6.45) is -1.49. The van der Waals surface area contributed by atoms with Gasteiger partial charge in [-0.3, -0.25) is 86.3 Å². The molecular formula is C95H127N19O20S. The van der Waals surface area contributed by atoms with E-state index in [0.29, 0.717) is 38.7 Å². The lowest BCUT2D eigenvalue weighted by Gasteiger charge is -2.34. The molecule has 2 aliphatic rings. The predicted octanol–water partition coefficient (Wildman–Crippen LogP) is -0.297. The summed E-state index contributed by atoms with van der Waals surface area (Å²) in [6, 6.07) is 14.3. The minimum Gasteiger partial charge on any atom is -0.481 e. The molecule has 728 valence electrons. The zero-order valence-corrected chi connectivity index (χ0v) is 78.4. The van der Waals surface area contributed by atoms with Gasteiger partial charge >= 0.3 is 5.97 Å². The van der Waals surface area contributed by atoms with Gasteiger partial charge in [0.2, 0.25) is 100 Å². The average molecular weight is 1890 g/mol. The van der Waals surface area contributed by atoms with Crippen molar-refractivity contribution in [1.29, 1.82) is 0 Å². The number of rotatable bonds is 24. The number of nitrogens with one attached hydrogen (secondary N) is 14. The molecule has 5 aromatic carbocycles. The van der Waals surface area contributed by atoms with Crippen LogP contribution in [0.15, 0.2) is 140 Å². The number of thioether (sulfide) groups is 1. The van der Waals surface area contributed by atoms with Crippen LogP contribution in [-0.2, 0) is 119 Å². The molecule has 1 aromatic heterocycles. The number of aromatic amines is 1. The summed E-state index contributed by atoms with van der Waals surface area (Å²) in [6.45, 7) is 14.8. The Morgan fingerprint density at radius 3 is 1.42 bits per heavy atom. The van der Waals surface area contributed by atoms with E-state index in [-0.39, 0.29) is 76.3 Å². The van der Waals surface area contributed by atoms with Crippen molar-refractivity contribution < 1.29 is 96.5 Å². The van der Waals surface area contributed by atoms with Gasteiger partial charge in [0.25, 0.3) is 0 Å². The quantitative estimate of drug-likeness (QED) is 0.0370. The maximum Gasteiger partial charge on any atom is 0.305 e. The van der Waals surface area contributed by atoms with Crippen LogP contribution in [0.3, 0.4) is 0 Å². The van der Waals surface area contributed by atoms with E-state index in [1.807, 2.05) is 42.5 Å².